The molecule has 5 heteroatoms. The van der Waals surface area contributed by atoms with Gasteiger partial charge in [-0.25, -0.2) is 4.39 Å². The van der Waals surface area contributed by atoms with Crippen LogP contribution < -0.4 is 0 Å². The molecule has 1 aromatic rings. The molecule has 19 heavy (non-hydrogen) atoms. The van der Waals surface area contributed by atoms with E-state index in [1.54, 1.807) is 19.9 Å². The van der Waals surface area contributed by atoms with Crippen LogP contribution in [-0.4, -0.2) is 35.0 Å². The molecule has 1 amide bonds. The van der Waals surface area contributed by atoms with Gasteiger partial charge in [-0.3, -0.25) is 9.59 Å². The van der Waals surface area contributed by atoms with Gasteiger partial charge in [0.25, 0.3) is 5.91 Å². The highest BCUT2D eigenvalue weighted by molar-refractivity contribution is 5.95. The molecule has 102 valence electrons. The average molecular weight is 265 g/mol. The Labute approximate surface area is 110 Å². The number of carboxylic acids is 1. The first-order valence-corrected chi connectivity index (χ1v) is 6.12. The van der Waals surface area contributed by atoms with E-state index in [1.165, 1.54) is 17.0 Å². The zero-order valence-electron chi connectivity index (χ0n) is 10.9. The molecule has 1 saturated heterocycles. The summed E-state index contributed by atoms with van der Waals surface area (Å²) < 4.78 is 13.7. The van der Waals surface area contributed by atoms with E-state index in [0.29, 0.717) is 13.0 Å². The average Bonchev–Trinajstić information content (AvgIpc) is 2.73. The van der Waals surface area contributed by atoms with Crippen LogP contribution in [0.3, 0.4) is 0 Å². The molecule has 1 aromatic carbocycles. The number of amides is 1. The van der Waals surface area contributed by atoms with Crippen LogP contribution in [0.2, 0.25) is 0 Å². The van der Waals surface area contributed by atoms with E-state index in [1.807, 2.05) is 0 Å². The normalized spacial score (nSPS) is 22.6. The lowest BCUT2D eigenvalue weighted by Crippen LogP contribution is -2.35. The Bertz CT molecular complexity index is 543. The van der Waals surface area contributed by atoms with Crippen molar-refractivity contribution in [2.45, 2.75) is 20.3 Å². The smallest absolute Gasteiger partial charge is 0.311 e. The number of aliphatic carboxylic acids is 1. The van der Waals surface area contributed by atoms with Crippen molar-refractivity contribution in [3.05, 3.63) is 35.1 Å². The lowest BCUT2D eigenvalue weighted by molar-refractivity contribution is -0.147. The molecule has 0 bridgehead atoms. The predicted molar refractivity (Wildman–Crippen MR) is 67.4 cm³/mol. The summed E-state index contributed by atoms with van der Waals surface area (Å²) in [7, 11) is 0. The second-order valence-electron chi connectivity index (χ2n) is 5.33. The van der Waals surface area contributed by atoms with Crippen LogP contribution in [0.15, 0.2) is 18.2 Å². The number of hydrogen-bond acceptors (Lipinski definition) is 2. The van der Waals surface area contributed by atoms with Gasteiger partial charge in [-0.1, -0.05) is 6.07 Å². The van der Waals surface area contributed by atoms with Gasteiger partial charge in [-0.15, -0.1) is 0 Å². The van der Waals surface area contributed by atoms with Crippen molar-refractivity contribution in [1.29, 1.82) is 0 Å². The molecule has 1 fully saturated rings. The van der Waals surface area contributed by atoms with Crippen molar-refractivity contribution in [1.82, 2.24) is 4.90 Å². The maximum atomic E-state index is 13.7. The van der Waals surface area contributed by atoms with Crippen LogP contribution >= 0.6 is 0 Å². The number of carbonyl (C=O) groups is 2. The zero-order chi connectivity index (χ0) is 14.2. The minimum Gasteiger partial charge on any atom is -0.481 e. The summed E-state index contributed by atoms with van der Waals surface area (Å²) in [5.41, 5.74) is -0.192. The fourth-order valence-electron chi connectivity index (χ4n) is 2.27. The Morgan fingerprint density at radius 1 is 1.42 bits per heavy atom. The molecule has 1 aliphatic heterocycles. The maximum absolute atomic E-state index is 13.7. The Balaban J connectivity index is 2.20. The van der Waals surface area contributed by atoms with Crippen LogP contribution in [0.4, 0.5) is 4.39 Å². The lowest BCUT2D eigenvalue weighted by atomic mass is 9.90. The van der Waals surface area contributed by atoms with Crippen molar-refractivity contribution < 1.29 is 19.1 Å². The highest BCUT2D eigenvalue weighted by Gasteiger charge is 2.42. The first-order valence-electron chi connectivity index (χ1n) is 6.12. The van der Waals surface area contributed by atoms with Crippen LogP contribution in [0.5, 0.6) is 0 Å². The summed E-state index contributed by atoms with van der Waals surface area (Å²) in [6, 6.07) is 4.42. The first kappa shape index (κ1) is 13.5. The highest BCUT2D eigenvalue weighted by Crippen LogP contribution is 2.31. The molecule has 0 radical (unpaired) electrons. The van der Waals surface area contributed by atoms with E-state index in [4.69, 9.17) is 5.11 Å². The Morgan fingerprint density at radius 2 is 2.11 bits per heavy atom. The fourth-order valence-corrected chi connectivity index (χ4v) is 2.27. The van der Waals surface area contributed by atoms with Crippen LogP contribution in [0.1, 0.15) is 29.3 Å². The third-order valence-electron chi connectivity index (χ3n) is 3.63. The Hall–Kier alpha value is -1.91. The van der Waals surface area contributed by atoms with Gasteiger partial charge < -0.3 is 10.0 Å². The number of rotatable bonds is 2. The Kier molecular flexibility index (Phi) is 3.30. The Morgan fingerprint density at radius 3 is 2.63 bits per heavy atom. The molecule has 0 unspecified atom stereocenters. The van der Waals surface area contributed by atoms with Gasteiger partial charge >= 0.3 is 5.97 Å². The molecule has 2 rings (SSSR count). The molecule has 0 saturated carbocycles. The summed E-state index contributed by atoms with van der Waals surface area (Å²) in [5.74, 6) is -1.93. The quantitative estimate of drug-likeness (QED) is 0.890. The summed E-state index contributed by atoms with van der Waals surface area (Å²) in [4.78, 5) is 24.7. The van der Waals surface area contributed by atoms with E-state index in [2.05, 4.69) is 0 Å². The first-order chi connectivity index (χ1) is 8.83. The zero-order valence-corrected chi connectivity index (χ0v) is 10.9. The summed E-state index contributed by atoms with van der Waals surface area (Å²) >= 11 is 0. The van der Waals surface area contributed by atoms with Crippen molar-refractivity contribution in [2.75, 3.05) is 13.1 Å². The number of aryl methyl sites for hydroxylation is 1. The van der Waals surface area contributed by atoms with Crippen molar-refractivity contribution >= 4 is 11.9 Å². The standard InChI is InChI=1S/C14H16FNO3/c1-9-3-4-10(11(15)7-9)12(17)16-6-5-14(2,8-16)13(18)19/h3-4,7H,5-6,8H2,1-2H3,(H,18,19)/t14-/m0/s1. The van der Waals surface area contributed by atoms with Crippen LogP contribution in [0.25, 0.3) is 0 Å². The summed E-state index contributed by atoms with van der Waals surface area (Å²) in [5, 5.41) is 9.12. The van der Waals surface area contributed by atoms with Crippen LogP contribution in [-0.2, 0) is 4.79 Å². The van der Waals surface area contributed by atoms with Crippen molar-refractivity contribution in [3.8, 4) is 0 Å². The molecule has 1 atom stereocenters. The molecule has 4 nitrogen and oxygen atoms in total. The maximum Gasteiger partial charge on any atom is 0.311 e. The molecule has 0 aliphatic carbocycles. The van der Waals surface area contributed by atoms with E-state index in [0.717, 1.165) is 5.56 Å². The van der Waals surface area contributed by atoms with Gasteiger partial charge in [0, 0.05) is 13.1 Å². The van der Waals surface area contributed by atoms with Crippen molar-refractivity contribution in [3.63, 3.8) is 0 Å². The highest BCUT2D eigenvalue weighted by atomic mass is 19.1. The number of hydrogen-bond donors (Lipinski definition) is 1. The largest absolute Gasteiger partial charge is 0.481 e. The third-order valence-corrected chi connectivity index (χ3v) is 3.63. The van der Waals surface area contributed by atoms with Gasteiger partial charge in [0.05, 0.1) is 11.0 Å². The number of carboxylic acid groups (broad SMARTS) is 1. The van der Waals surface area contributed by atoms with E-state index < -0.39 is 23.1 Å². The third kappa shape index (κ3) is 2.45. The second kappa shape index (κ2) is 4.64. The van der Waals surface area contributed by atoms with Gasteiger partial charge in [0.2, 0.25) is 0 Å². The van der Waals surface area contributed by atoms with Gasteiger partial charge in [0.15, 0.2) is 0 Å². The van der Waals surface area contributed by atoms with Gasteiger partial charge in [-0.05, 0) is 38.0 Å². The molecular formula is C14H16FNO3. The number of carbonyl (C=O) groups excluding carboxylic acids is 1. The molecule has 0 aromatic heterocycles. The number of likely N-dealkylation sites (tertiary alicyclic amines) is 1. The number of nitrogens with zero attached hydrogens (tertiary/aromatic N) is 1. The van der Waals surface area contributed by atoms with Crippen LogP contribution in [0, 0.1) is 18.2 Å². The molecule has 0 spiro atoms. The minimum absolute atomic E-state index is 0.000221. The molecular weight excluding hydrogens is 249 g/mol. The summed E-state index contributed by atoms with van der Waals surface area (Å²) in [6.07, 6.45) is 0.390. The SMILES string of the molecule is Cc1ccc(C(=O)N2CC[C@](C)(C(=O)O)C2)c(F)c1. The molecule has 1 aliphatic rings. The molecule has 1 heterocycles. The van der Waals surface area contributed by atoms with Gasteiger partial charge in [0.1, 0.15) is 5.82 Å². The molecule has 1 N–H and O–H groups in total. The van der Waals surface area contributed by atoms with Gasteiger partial charge in [-0.2, -0.15) is 0 Å². The van der Waals surface area contributed by atoms with E-state index in [9.17, 15) is 14.0 Å². The predicted octanol–water partition coefficient (Wildman–Crippen LogP) is 2.07. The van der Waals surface area contributed by atoms with Crippen molar-refractivity contribution in [2.24, 2.45) is 5.41 Å². The minimum atomic E-state index is -0.934. The monoisotopic (exact) mass is 265 g/mol. The lowest BCUT2D eigenvalue weighted by Gasteiger charge is -2.20. The van der Waals surface area contributed by atoms with E-state index >= 15 is 0 Å². The number of halogens is 1. The van der Waals surface area contributed by atoms with E-state index in [-0.39, 0.29) is 12.1 Å². The summed E-state index contributed by atoms with van der Waals surface area (Å²) in [6.45, 7) is 3.81. The topological polar surface area (TPSA) is 57.6 Å². The second-order valence-corrected chi connectivity index (χ2v) is 5.33. The fraction of sp³-hybridized carbons (Fsp3) is 0.429. The number of benzene rings is 1.